The van der Waals surface area contributed by atoms with Gasteiger partial charge in [-0.3, -0.25) is 0 Å². The van der Waals surface area contributed by atoms with E-state index < -0.39 is 0 Å². The van der Waals surface area contributed by atoms with Crippen molar-refractivity contribution in [2.45, 2.75) is 17.6 Å². The van der Waals surface area contributed by atoms with Gasteiger partial charge < -0.3 is 10.6 Å². The van der Waals surface area contributed by atoms with E-state index in [0.29, 0.717) is 4.75 Å². The number of hydrogen-bond donors (Lipinski definition) is 2. The van der Waals surface area contributed by atoms with Crippen molar-refractivity contribution in [3.8, 4) is 0 Å². The highest BCUT2D eigenvalue weighted by Gasteiger charge is 2.41. The summed E-state index contributed by atoms with van der Waals surface area (Å²) in [5, 5.41) is 7.42. The first-order valence-corrected chi connectivity index (χ1v) is 6.80. The number of urea groups is 1. The van der Waals surface area contributed by atoms with E-state index in [1.54, 1.807) is 11.6 Å². The number of thioether (sulfide) groups is 1. The number of rotatable bonds is 4. The van der Waals surface area contributed by atoms with Gasteiger partial charge in [0.2, 0.25) is 0 Å². The Morgan fingerprint density at radius 2 is 2.53 bits per heavy atom. The summed E-state index contributed by atoms with van der Waals surface area (Å²) in [6, 6.07) is -0.143. The highest BCUT2D eigenvalue weighted by Crippen LogP contribution is 2.46. The van der Waals surface area contributed by atoms with Gasteiger partial charge in [-0.2, -0.15) is 16.1 Å². The molecule has 1 aliphatic carbocycles. The Bertz CT molecular complexity index is 335. The fourth-order valence-electron chi connectivity index (χ4n) is 1.28. The first-order valence-electron chi connectivity index (χ1n) is 4.73. The average Bonchev–Trinajstić information content (AvgIpc) is 2.86. The maximum atomic E-state index is 11.4. The minimum absolute atomic E-state index is 0.143. The van der Waals surface area contributed by atoms with Crippen LogP contribution in [0.4, 0.5) is 10.5 Å². The number of aromatic nitrogens is 1. The van der Waals surface area contributed by atoms with Gasteiger partial charge in [0.05, 0.1) is 11.9 Å². The zero-order chi connectivity index (χ0) is 10.7. The molecule has 6 heteroatoms. The topological polar surface area (TPSA) is 54.0 Å². The summed E-state index contributed by atoms with van der Waals surface area (Å²) in [5.74, 6) is 0. The Morgan fingerprint density at radius 3 is 3.07 bits per heavy atom. The van der Waals surface area contributed by atoms with Crippen molar-refractivity contribution < 1.29 is 4.79 Å². The molecular formula is C9H13N3OS2. The van der Waals surface area contributed by atoms with E-state index in [-0.39, 0.29) is 6.03 Å². The number of nitrogens with one attached hydrogen (secondary N) is 2. The van der Waals surface area contributed by atoms with E-state index in [0.717, 1.165) is 12.2 Å². The second-order valence-electron chi connectivity index (χ2n) is 3.61. The number of carbonyl (C=O) groups is 1. The van der Waals surface area contributed by atoms with Gasteiger partial charge in [-0.1, -0.05) is 0 Å². The molecule has 0 unspecified atom stereocenters. The predicted molar refractivity (Wildman–Crippen MR) is 64.6 cm³/mol. The lowest BCUT2D eigenvalue weighted by atomic mass is 10.4. The van der Waals surface area contributed by atoms with E-state index in [9.17, 15) is 4.79 Å². The molecule has 1 saturated carbocycles. The van der Waals surface area contributed by atoms with Crippen LogP contribution in [-0.4, -0.2) is 28.0 Å². The van der Waals surface area contributed by atoms with Gasteiger partial charge in [0, 0.05) is 16.7 Å². The van der Waals surface area contributed by atoms with Crippen molar-refractivity contribution in [2.24, 2.45) is 0 Å². The summed E-state index contributed by atoms with van der Waals surface area (Å²) in [7, 11) is 0. The molecule has 0 aromatic carbocycles. The molecule has 0 spiro atoms. The highest BCUT2D eigenvalue weighted by atomic mass is 32.2. The van der Waals surface area contributed by atoms with Gasteiger partial charge >= 0.3 is 6.03 Å². The third-order valence-corrected chi connectivity index (χ3v) is 4.51. The number of hydrogen-bond acceptors (Lipinski definition) is 4. The number of nitrogens with zero attached hydrogens (tertiary/aromatic N) is 1. The van der Waals surface area contributed by atoms with E-state index >= 15 is 0 Å². The lowest BCUT2D eigenvalue weighted by Gasteiger charge is -2.12. The van der Waals surface area contributed by atoms with Crippen LogP contribution in [0.1, 0.15) is 12.8 Å². The Labute approximate surface area is 97.0 Å². The first kappa shape index (κ1) is 10.8. The van der Waals surface area contributed by atoms with Crippen LogP contribution in [0.3, 0.4) is 0 Å². The summed E-state index contributed by atoms with van der Waals surface area (Å²) in [6.07, 6.45) is 6.14. The van der Waals surface area contributed by atoms with Crippen LogP contribution < -0.4 is 10.6 Å². The SMILES string of the molecule is CSC1(CNC(=O)Nc2cnsc2)CC1. The standard InChI is InChI=1S/C9H13N3OS2/c1-14-9(2-3-9)6-10-8(13)12-7-4-11-15-5-7/h4-5H,2-3,6H2,1H3,(H2,10,12,13). The Kier molecular flexibility index (Phi) is 3.16. The molecule has 0 atom stereocenters. The zero-order valence-electron chi connectivity index (χ0n) is 8.45. The highest BCUT2D eigenvalue weighted by molar-refractivity contribution is 8.00. The lowest BCUT2D eigenvalue weighted by Crippen LogP contribution is -2.34. The van der Waals surface area contributed by atoms with Gasteiger partial charge in [-0.15, -0.1) is 0 Å². The molecule has 1 fully saturated rings. The third-order valence-electron chi connectivity index (χ3n) is 2.50. The molecule has 2 amide bonds. The maximum absolute atomic E-state index is 11.4. The Morgan fingerprint density at radius 1 is 1.73 bits per heavy atom. The first-order chi connectivity index (χ1) is 7.24. The molecule has 1 heterocycles. The van der Waals surface area contributed by atoms with Crippen LogP contribution in [0.5, 0.6) is 0 Å². The molecular weight excluding hydrogens is 230 g/mol. The number of carbonyl (C=O) groups excluding carboxylic acids is 1. The van der Waals surface area contributed by atoms with Gasteiger partial charge in [-0.25, -0.2) is 4.79 Å². The van der Waals surface area contributed by atoms with Crippen LogP contribution >= 0.6 is 23.3 Å². The van der Waals surface area contributed by atoms with Gasteiger partial charge in [0.1, 0.15) is 0 Å². The molecule has 2 N–H and O–H groups in total. The normalized spacial score (nSPS) is 17.1. The van der Waals surface area contributed by atoms with Crippen LogP contribution in [0.25, 0.3) is 0 Å². The van der Waals surface area contributed by atoms with E-state index in [4.69, 9.17) is 0 Å². The summed E-state index contributed by atoms with van der Waals surface area (Å²) in [6.45, 7) is 0.748. The predicted octanol–water partition coefficient (Wildman–Crippen LogP) is 2.16. The molecule has 1 aliphatic rings. The zero-order valence-corrected chi connectivity index (χ0v) is 10.1. The van der Waals surface area contributed by atoms with E-state index in [1.165, 1.54) is 24.4 Å². The lowest BCUT2D eigenvalue weighted by molar-refractivity contribution is 0.252. The quantitative estimate of drug-likeness (QED) is 0.852. The van der Waals surface area contributed by atoms with Gasteiger partial charge in [0.25, 0.3) is 0 Å². The molecule has 0 aliphatic heterocycles. The number of anilines is 1. The minimum atomic E-state index is -0.143. The van der Waals surface area contributed by atoms with Gasteiger partial charge in [0.15, 0.2) is 0 Å². The molecule has 0 bridgehead atoms. The fraction of sp³-hybridized carbons (Fsp3) is 0.556. The van der Waals surface area contributed by atoms with Crippen LogP contribution in [-0.2, 0) is 0 Å². The smallest absolute Gasteiger partial charge is 0.319 e. The Hall–Kier alpha value is -0.750. The molecule has 4 nitrogen and oxygen atoms in total. The third kappa shape index (κ3) is 2.85. The van der Waals surface area contributed by atoms with Crippen molar-refractivity contribution in [1.29, 1.82) is 0 Å². The molecule has 0 radical (unpaired) electrons. The van der Waals surface area contributed by atoms with Crippen molar-refractivity contribution in [3.63, 3.8) is 0 Å². The van der Waals surface area contributed by atoms with Crippen LogP contribution in [0, 0.1) is 0 Å². The second kappa shape index (κ2) is 4.40. The van der Waals surface area contributed by atoms with Crippen molar-refractivity contribution in [1.82, 2.24) is 9.69 Å². The minimum Gasteiger partial charge on any atom is -0.336 e. The molecule has 0 saturated heterocycles. The summed E-state index contributed by atoms with van der Waals surface area (Å²) in [4.78, 5) is 11.4. The van der Waals surface area contributed by atoms with Crippen LogP contribution in [0.2, 0.25) is 0 Å². The second-order valence-corrected chi connectivity index (χ2v) is 5.54. The summed E-state index contributed by atoms with van der Waals surface area (Å²) >= 11 is 3.16. The van der Waals surface area contributed by atoms with Crippen LogP contribution in [0.15, 0.2) is 11.6 Å². The Balaban J connectivity index is 1.74. The van der Waals surface area contributed by atoms with Crippen molar-refractivity contribution in [2.75, 3.05) is 18.1 Å². The molecule has 1 aromatic rings. The average molecular weight is 243 g/mol. The largest absolute Gasteiger partial charge is 0.336 e. The monoisotopic (exact) mass is 243 g/mol. The molecule has 82 valence electrons. The summed E-state index contributed by atoms with van der Waals surface area (Å²) in [5.41, 5.74) is 0.756. The molecule has 1 aromatic heterocycles. The van der Waals surface area contributed by atoms with E-state index in [2.05, 4.69) is 21.3 Å². The molecule has 2 rings (SSSR count). The van der Waals surface area contributed by atoms with E-state index in [1.807, 2.05) is 11.8 Å². The van der Waals surface area contributed by atoms with Crippen molar-refractivity contribution >= 4 is 35.0 Å². The summed E-state index contributed by atoms with van der Waals surface area (Å²) < 4.78 is 4.22. The number of amides is 2. The maximum Gasteiger partial charge on any atom is 0.319 e. The molecule has 15 heavy (non-hydrogen) atoms. The van der Waals surface area contributed by atoms with Crippen molar-refractivity contribution in [3.05, 3.63) is 11.6 Å². The fourth-order valence-corrected chi connectivity index (χ4v) is 2.47. The van der Waals surface area contributed by atoms with Gasteiger partial charge in [-0.05, 0) is 30.6 Å².